The smallest absolute Gasteiger partial charge is 0.164 e. The van der Waals surface area contributed by atoms with Crippen LogP contribution < -0.4 is 0 Å². The van der Waals surface area contributed by atoms with E-state index in [1.165, 1.54) is 11.1 Å². The van der Waals surface area contributed by atoms with Gasteiger partial charge in [0, 0.05) is 16.7 Å². The first-order valence-electron chi connectivity index (χ1n) is 12.5. The maximum atomic E-state index is 4.96. The first kappa shape index (κ1) is 24.1. The van der Waals surface area contributed by atoms with E-state index in [2.05, 4.69) is 105 Å². The SMILES string of the molecule is C=C/C=C\C(=C)C1=CC(c2nc(-c3ccc(C)cc3)nc(-c3cccc(-c4ccccc4)c3)n2)=CCC1. The number of hydrogen-bond donors (Lipinski definition) is 0. The maximum absolute atomic E-state index is 4.96. The largest absolute Gasteiger partial charge is 0.208 e. The van der Waals surface area contributed by atoms with E-state index in [4.69, 9.17) is 15.0 Å². The standard InChI is InChI=1S/C34H29N3/c1-4-5-11-25(3)28-14-9-16-30(22-28)33-35-32(27-20-18-24(2)19-21-27)36-34(37-33)31-17-10-15-29(23-31)26-12-7-6-8-13-26/h4-8,10-13,15-23H,1,3,9,14H2,2H3/b11-5-. The van der Waals surface area contributed by atoms with Crippen LogP contribution in [0.15, 0.2) is 134 Å². The summed E-state index contributed by atoms with van der Waals surface area (Å²) in [5, 5.41) is 0. The van der Waals surface area contributed by atoms with Crippen LogP contribution in [-0.2, 0) is 0 Å². The van der Waals surface area contributed by atoms with Gasteiger partial charge in [0.25, 0.3) is 0 Å². The van der Waals surface area contributed by atoms with Crippen molar-refractivity contribution in [2.75, 3.05) is 0 Å². The fraction of sp³-hybridized carbons (Fsp3) is 0.0882. The van der Waals surface area contributed by atoms with Crippen molar-refractivity contribution in [2.45, 2.75) is 19.8 Å². The number of allylic oxidation sites excluding steroid dienone is 8. The third-order valence-corrected chi connectivity index (χ3v) is 6.38. The molecule has 5 rings (SSSR count). The molecule has 1 aliphatic carbocycles. The van der Waals surface area contributed by atoms with Crippen molar-refractivity contribution < 1.29 is 0 Å². The zero-order chi connectivity index (χ0) is 25.6. The van der Waals surface area contributed by atoms with Gasteiger partial charge in [-0.1, -0.05) is 116 Å². The molecule has 0 unspecified atom stereocenters. The first-order chi connectivity index (χ1) is 18.1. The van der Waals surface area contributed by atoms with Crippen LogP contribution in [0, 0.1) is 6.92 Å². The molecule has 0 saturated heterocycles. The quantitative estimate of drug-likeness (QED) is 0.249. The monoisotopic (exact) mass is 479 g/mol. The minimum Gasteiger partial charge on any atom is -0.208 e. The molecule has 3 aromatic carbocycles. The average molecular weight is 480 g/mol. The molecule has 0 atom stereocenters. The average Bonchev–Trinajstić information content (AvgIpc) is 2.96. The van der Waals surface area contributed by atoms with Gasteiger partial charge in [-0.15, -0.1) is 0 Å². The summed E-state index contributed by atoms with van der Waals surface area (Å²) < 4.78 is 0. The molecule has 0 N–H and O–H groups in total. The number of aryl methyl sites for hydroxylation is 1. The molecule has 37 heavy (non-hydrogen) atoms. The van der Waals surface area contributed by atoms with Crippen molar-refractivity contribution >= 4 is 5.57 Å². The van der Waals surface area contributed by atoms with Gasteiger partial charge in [0.2, 0.25) is 0 Å². The molecule has 3 nitrogen and oxygen atoms in total. The van der Waals surface area contributed by atoms with Crippen molar-refractivity contribution in [3.63, 3.8) is 0 Å². The Hall–Kier alpha value is -4.63. The van der Waals surface area contributed by atoms with E-state index >= 15 is 0 Å². The summed E-state index contributed by atoms with van der Waals surface area (Å²) in [7, 11) is 0. The molecule has 180 valence electrons. The highest BCUT2D eigenvalue weighted by atomic mass is 15.0. The van der Waals surface area contributed by atoms with Crippen LogP contribution in [0.4, 0.5) is 0 Å². The number of hydrogen-bond acceptors (Lipinski definition) is 3. The van der Waals surface area contributed by atoms with Crippen molar-refractivity contribution in [3.8, 4) is 33.9 Å². The third-order valence-electron chi connectivity index (χ3n) is 6.38. The number of benzene rings is 3. The second-order valence-electron chi connectivity index (χ2n) is 9.11. The summed E-state index contributed by atoms with van der Waals surface area (Å²) >= 11 is 0. The van der Waals surface area contributed by atoms with E-state index < -0.39 is 0 Å². The van der Waals surface area contributed by atoms with Gasteiger partial charge in [-0.25, -0.2) is 15.0 Å². The molecule has 0 radical (unpaired) electrons. The predicted octanol–water partition coefficient (Wildman–Crippen LogP) is 8.58. The second kappa shape index (κ2) is 11.0. The zero-order valence-corrected chi connectivity index (χ0v) is 21.1. The Balaban J connectivity index is 1.61. The van der Waals surface area contributed by atoms with Crippen LogP contribution >= 0.6 is 0 Å². The molecule has 1 heterocycles. The fourth-order valence-corrected chi connectivity index (χ4v) is 4.34. The van der Waals surface area contributed by atoms with E-state index in [9.17, 15) is 0 Å². The third kappa shape index (κ3) is 5.62. The van der Waals surface area contributed by atoms with E-state index in [1.807, 2.05) is 18.2 Å². The Morgan fingerprint density at radius 2 is 1.43 bits per heavy atom. The minimum absolute atomic E-state index is 0.658. The summed E-state index contributed by atoms with van der Waals surface area (Å²) in [6.07, 6.45) is 11.9. The normalized spacial score (nSPS) is 13.2. The van der Waals surface area contributed by atoms with Crippen LogP contribution in [-0.4, -0.2) is 15.0 Å². The summed E-state index contributed by atoms with van der Waals surface area (Å²) in [6, 6.07) is 27.0. The number of aromatic nitrogens is 3. The molecule has 4 aromatic rings. The highest BCUT2D eigenvalue weighted by Gasteiger charge is 2.16. The van der Waals surface area contributed by atoms with Gasteiger partial charge in [-0.3, -0.25) is 0 Å². The van der Waals surface area contributed by atoms with Gasteiger partial charge >= 0.3 is 0 Å². The van der Waals surface area contributed by atoms with E-state index in [1.54, 1.807) is 6.08 Å². The highest BCUT2D eigenvalue weighted by Crippen LogP contribution is 2.31. The Labute approximate surface area is 219 Å². The minimum atomic E-state index is 0.658. The number of rotatable bonds is 7. The molecule has 1 aliphatic rings. The highest BCUT2D eigenvalue weighted by molar-refractivity contribution is 5.76. The molecule has 0 spiro atoms. The topological polar surface area (TPSA) is 38.7 Å². The summed E-state index contributed by atoms with van der Waals surface area (Å²) in [5.41, 5.74) is 8.56. The van der Waals surface area contributed by atoms with Crippen LogP contribution in [0.1, 0.15) is 24.2 Å². The molecule has 1 aromatic heterocycles. The van der Waals surface area contributed by atoms with Crippen LogP contribution in [0.3, 0.4) is 0 Å². The van der Waals surface area contributed by atoms with Crippen molar-refractivity contribution in [1.82, 2.24) is 15.0 Å². The summed E-state index contributed by atoms with van der Waals surface area (Å²) in [5.74, 6) is 1.99. The van der Waals surface area contributed by atoms with Crippen LogP contribution in [0.2, 0.25) is 0 Å². The molecular weight excluding hydrogens is 450 g/mol. The molecular formula is C34H29N3. The Kier molecular flexibility index (Phi) is 7.14. The van der Waals surface area contributed by atoms with Gasteiger partial charge in [0.1, 0.15) is 0 Å². The Morgan fingerprint density at radius 3 is 2.19 bits per heavy atom. The maximum Gasteiger partial charge on any atom is 0.164 e. The summed E-state index contributed by atoms with van der Waals surface area (Å²) in [6.45, 7) is 10.1. The summed E-state index contributed by atoms with van der Waals surface area (Å²) in [4.78, 5) is 14.8. The van der Waals surface area contributed by atoms with Gasteiger partial charge in [0.05, 0.1) is 0 Å². The molecule has 0 fully saturated rings. The van der Waals surface area contributed by atoms with Crippen molar-refractivity contribution in [1.29, 1.82) is 0 Å². The van der Waals surface area contributed by atoms with Crippen molar-refractivity contribution in [3.05, 3.63) is 145 Å². The zero-order valence-electron chi connectivity index (χ0n) is 21.1. The first-order valence-corrected chi connectivity index (χ1v) is 12.5. The van der Waals surface area contributed by atoms with E-state index in [0.29, 0.717) is 17.5 Å². The van der Waals surface area contributed by atoms with Crippen molar-refractivity contribution in [2.24, 2.45) is 0 Å². The Bertz CT molecular complexity index is 1540. The van der Waals surface area contributed by atoms with Gasteiger partial charge < -0.3 is 0 Å². The lowest BCUT2D eigenvalue weighted by atomic mass is 9.93. The molecule has 0 aliphatic heterocycles. The van der Waals surface area contributed by atoms with Crippen LogP contribution in [0.25, 0.3) is 39.5 Å². The van der Waals surface area contributed by atoms with Crippen LogP contribution in [0.5, 0.6) is 0 Å². The van der Waals surface area contributed by atoms with Gasteiger partial charge in [0.15, 0.2) is 17.5 Å². The predicted molar refractivity (Wildman–Crippen MR) is 155 cm³/mol. The number of nitrogens with zero attached hydrogens (tertiary/aromatic N) is 3. The van der Waals surface area contributed by atoms with E-state index in [0.717, 1.165) is 46.2 Å². The molecule has 0 amide bonds. The van der Waals surface area contributed by atoms with Gasteiger partial charge in [-0.2, -0.15) is 0 Å². The van der Waals surface area contributed by atoms with E-state index in [-0.39, 0.29) is 0 Å². The fourth-order valence-electron chi connectivity index (χ4n) is 4.34. The molecule has 0 saturated carbocycles. The molecule has 3 heteroatoms. The lowest BCUT2D eigenvalue weighted by molar-refractivity contribution is 0.969. The second-order valence-corrected chi connectivity index (χ2v) is 9.11. The lowest BCUT2D eigenvalue weighted by Crippen LogP contribution is -2.04. The van der Waals surface area contributed by atoms with Gasteiger partial charge in [-0.05, 0) is 54.2 Å². The molecule has 0 bridgehead atoms. The lowest BCUT2D eigenvalue weighted by Gasteiger charge is -2.15. The Morgan fingerprint density at radius 1 is 0.757 bits per heavy atom.